The zero-order chi connectivity index (χ0) is 18.4. The van der Waals surface area contributed by atoms with Crippen LogP contribution in [0.1, 0.15) is 44.6 Å². The second-order valence-electron chi connectivity index (χ2n) is 6.20. The number of alkyl halides is 3. The van der Waals surface area contributed by atoms with Gasteiger partial charge in [0.2, 0.25) is 5.91 Å². The van der Waals surface area contributed by atoms with Crippen LogP contribution in [0.15, 0.2) is 24.3 Å². The summed E-state index contributed by atoms with van der Waals surface area (Å²) >= 11 is 0. The van der Waals surface area contributed by atoms with Crippen LogP contribution in [0.5, 0.6) is 0 Å². The smallest absolute Gasteiger partial charge is 0.416 e. The summed E-state index contributed by atoms with van der Waals surface area (Å²) < 4.78 is 43.4. The summed E-state index contributed by atoms with van der Waals surface area (Å²) in [6.07, 6.45) is -0.111. The van der Waals surface area contributed by atoms with E-state index in [2.05, 4.69) is 5.32 Å². The minimum atomic E-state index is -4.50. The van der Waals surface area contributed by atoms with Crippen molar-refractivity contribution >= 4 is 17.6 Å². The van der Waals surface area contributed by atoms with Gasteiger partial charge in [-0.05, 0) is 43.9 Å². The lowest BCUT2D eigenvalue weighted by Gasteiger charge is -2.28. The van der Waals surface area contributed by atoms with Crippen molar-refractivity contribution in [2.45, 2.75) is 45.2 Å². The molecule has 0 aromatic heterocycles. The van der Waals surface area contributed by atoms with E-state index in [4.69, 9.17) is 4.74 Å². The molecule has 0 aliphatic heterocycles. The van der Waals surface area contributed by atoms with Gasteiger partial charge in [-0.2, -0.15) is 13.2 Å². The maximum atomic E-state index is 12.8. The number of rotatable bonds is 5. The number of carbonyl (C=O) groups is 2. The van der Waals surface area contributed by atoms with Gasteiger partial charge in [-0.15, -0.1) is 0 Å². The van der Waals surface area contributed by atoms with Crippen molar-refractivity contribution in [3.8, 4) is 0 Å². The highest BCUT2D eigenvalue weighted by Crippen LogP contribution is 2.33. The van der Waals surface area contributed by atoms with E-state index < -0.39 is 29.5 Å². The quantitative estimate of drug-likeness (QED) is 0.628. The molecule has 138 valence electrons. The largest absolute Gasteiger partial charge is 0.465 e. The highest BCUT2D eigenvalue weighted by Gasteiger charge is 2.37. The summed E-state index contributed by atoms with van der Waals surface area (Å²) in [4.78, 5) is 24.8. The zero-order valence-electron chi connectivity index (χ0n) is 14.1. The second kappa shape index (κ2) is 8.36. The maximum absolute atomic E-state index is 12.8. The van der Waals surface area contributed by atoms with E-state index in [9.17, 15) is 22.8 Å². The van der Waals surface area contributed by atoms with Gasteiger partial charge in [-0.3, -0.25) is 9.59 Å². The Morgan fingerprint density at radius 2 is 1.92 bits per heavy atom. The van der Waals surface area contributed by atoms with Gasteiger partial charge in [0.05, 0.1) is 12.2 Å². The molecular weight excluding hydrogens is 335 g/mol. The Morgan fingerprint density at radius 3 is 2.52 bits per heavy atom. The lowest BCUT2D eigenvalue weighted by molar-refractivity contribution is -0.153. The van der Waals surface area contributed by atoms with Gasteiger partial charge in [0.15, 0.2) is 0 Å². The third kappa shape index (κ3) is 5.21. The first-order valence-electron chi connectivity index (χ1n) is 8.47. The van der Waals surface area contributed by atoms with Crippen molar-refractivity contribution in [3.05, 3.63) is 29.8 Å². The van der Waals surface area contributed by atoms with Crippen molar-refractivity contribution in [3.63, 3.8) is 0 Å². The van der Waals surface area contributed by atoms with E-state index in [-0.39, 0.29) is 18.2 Å². The van der Waals surface area contributed by atoms with Crippen LogP contribution in [0.2, 0.25) is 0 Å². The van der Waals surface area contributed by atoms with Crippen LogP contribution < -0.4 is 5.32 Å². The SMILES string of the molecule is CCOC(=O)[C@@H](C(=O)Nc1cccc(C(F)(F)F)c1)C1CCCCC1. The fraction of sp³-hybridized carbons (Fsp3) is 0.556. The summed E-state index contributed by atoms with van der Waals surface area (Å²) in [6, 6.07) is 4.38. The molecule has 1 aromatic carbocycles. The molecule has 2 rings (SSSR count). The van der Waals surface area contributed by atoms with Gasteiger partial charge >= 0.3 is 12.1 Å². The van der Waals surface area contributed by atoms with Gasteiger partial charge in [0.1, 0.15) is 5.92 Å². The standard InChI is InChI=1S/C18H22F3NO3/c1-2-25-17(24)15(12-7-4-3-5-8-12)16(23)22-14-10-6-9-13(11-14)18(19,20)21/h6,9-12,15H,2-5,7-8H2,1H3,(H,22,23)/t15-/m1/s1. The molecule has 0 saturated heterocycles. The Bertz CT molecular complexity index is 610. The lowest BCUT2D eigenvalue weighted by atomic mass is 9.79. The molecule has 1 aromatic rings. The normalized spacial score (nSPS) is 17.0. The highest BCUT2D eigenvalue weighted by atomic mass is 19.4. The van der Waals surface area contributed by atoms with Crippen molar-refractivity contribution in [1.82, 2.24) is 0 Å². The Morgan fingerprint density at radius 1 is 1.24 bits per heavy atom. The molecule has 1 atom stereocenters. The van der Waals surface area contributed by atoms with Crippen LogP contribution in [0.4, 0.5) is 18.9 Å². The molecular formula is C18H22F3NO3. The first kappa shape index (κ1) is 19.3. The fourth-order valence-electron chi connectivity index (χ4n) is 3.21. The van der Waals surface area contributed by atoms with Crippen LogP contribution in [-0.2, 0) is 20.5 Å². The number of amides is 1. The van der Waals surface area contributed by atoms with Crippen LogP contribution in [-0.4, -0.2) is 18.5 Å². The number of nitrogens with one attached hydrogen (secondary N) is 1. The lowest BCUT2D eigenvalue weighted by Crippen LogP contribution is -2.37. The molecule has 1 aliphatic rings. The van der Waals surface area contributed by atoms with Gasteiger partial charge in [0, 0.05) is 5.69 Å². The van der Waals surface area contributed by atoms with Crippen molar-refractivity contribution in [2.75, 3.05) is 11.9 Å². The summed E-state index contributed by atoms with van der Waals surface area (Å²) in [7, 11) is 0. The Kier molecular flexibility index (Phi) is 6.45. The van der Waals surface area contributed by atoms with Crippen LogP contribution in [0, 0.1) is 11.8 Å². The molecule has 0 heterocycles. The molecule has 1 saturated carbocycles. The van der Waals surface area contributed by atoms with Gasteiger partial charge in [0.25, 0.3) is 0 Å². The van der Waals surface area contributed by atoms with E-state index in [1.165, 1.54) is 12.1 Å². The van der Waals surface area contributed by atoms with Crippen molar-refractivity contribution < 1.29 is 27.5 Å². The molecule has 25 heavy (non-hydrogen) atoms. The number of halogens is 3. The summed E-state index contributed by atoms with van der Waals surface area (Å²) in [5.41, 5.74) is -0.833. The molecule has 7 heteroatoms. The van der Waals surface area contributed by atoms with Gasteiger partial charge in [-0.25, -0.2) is 0 Å². The van der Waals surface area contributed by atoms with E-state index in [0.717, 1.165) is 44.2 Å². The number of hydrogen-bond acceptors (Lipinski definition) is 3. The first-order valence-corrected chi connectivity index (χ1v) is 8.47. The average Bonchev–Trinajstić information content (AvgIpc) is 2.56. The Labute approximate surface area is 144 Å². The molecule has 4 nitrogen and oxygen atoms in total. The number of esters is 1. The molecule has 1 aliphatic carbocycles. The fourth-order valence-corrected chi connectivity index (χ4v) is 3.21. The van der Waals surface area contributed by atoms with Crippen molar-refractivity contribution in [2.24, 2.45) is 11.8 Å². The molecule has 1 fully saturated rings. The first-order chi connectivity index (χ1) is 11.8. The number of carbonyl (C=O) groups excluding carboxylic acids is 2. The summed E-state index contributed by atoms with van der Waals surface area (Å²) in [5.74, 6) is -2.35. The van der Waals surface area contributed by atoms with E-state index >= 15 is 0 Å². The second-order valence-corrected chi connectivity index (χ2v) is 6.20. The minimum Gasteiger partial charge on any atom is -0.465 e. The van der Waals surface area contributed by atoms with Crippen molar-refractivity contribution in [1.29, 1.82) is 0 Å². The monoisotopic (exact) mass is 357 g/mol. The summed E-state index contributed by atoms with van der Waals surface area (Å²) in [6.45, 7) is 1.80. The molecule has 1 amide bonds. The maximum Gasteiger partial charge on any atom is 0.416 e. The summed E-state index contributed by atoms with van der Waals surface area (Å²) in [5, 5.41) is 2.45. The van der Waals surface area contributed by atoms with Crippen LogP contribution in [0.3, 0.4) is 0 Å². The number of benzene rings is 1. The Hall–Kier alpha value is -2.05. The van der Waals surface area contributed by atoms with E-state index in [1.807, 2.05) is 0 Å². The predicted molar refractivity (Wildman–Crippen MR) is 86.8 cm³/mol. The number of hydrogen-bond donors (Lipinski definition) is 1. The predicted octanol–water partition coefficient (Wildman–Crippen LogP) is 4.40. The molecule has 0 radical (unpaired) electrons. The van der Waals surface area contributed by atoms with Gasteiger partial charge in [-0.1, -0.05) is 25.3 Å². The van der Waals surface area contributed by atoms with E-state index in [0.29, 0.717) is 0 Å². The molecule has 1 N–H and O–H groups in total. The molecule has 0 spiro atoms. The average molecular weight is 357 g/mol. The third-order valence-electron chi connectivity index (χ3n) is 4.40. The van der Waals surface area contributed by atoms with E-state index in [1.54, 1.807) is 6.92 Å². The van der Waals surface area contributed by atoms with Crippen LogP contribution >= 0.6 is 0 Å². The number of ether oxygens (including phenoxy) is 1. The third-order valence-corrected chi connectivity index (χ3v) is 4.40. The highest BCUT2D eigenvalue weighted by molar-refractivity contribution is 6.05. The zero-order valence-corrected chi connectivity index (χ0v) is 14.1. The minimum absolute atomic E-state index is 0.0185. The van der Waals surface area contributed by atoms with Crippen LogP contribution in [0.25, 0.3) is 0 Å². The topological polar surface area (TPSA) is 55.4 Å². The number of anilines is 1. The molecule has 0 unspecified atom stereocenters. The van der Waals surface area contributed by atoms with Gasteiger partial charge < -0.3 is 10.1 Å². The molecule has 0 bridgehead atoms. The Balaban J connectivity index is 2.17.